The maximum Gasteiger partial charge on any atom is 0.132 e. The highest BCUT2D eigenvalue weighted by Gasteiger charge is 2.30. The predicted molar refractivity (Wildman–Crippen MR) is 70.8 cm³/mol. The normalized spacial score (nSPS) is 26.9. The summed E-state index contributed by atoms with van der Waals surface area (Å²) < 4.78 is 5.80. The Labute approximate surface area is 108 Å². The molecule has 18 heavy (non-hydrogen) atoms. The second-order valence-corrected chi connectivity index (χ2v) is 5.61. The van der Waals surface area contributed by atoms with Crippen LogP contribution in [0.25, 0.3) is 0 Å². The lowest BCUT2D eigenvalue weighted by Crippen LogP contribution is -2.33. The maximum absolute atomic E-state index is 5.80. The molecule has 1 aliphatic carbocycles. The summed E-state index contributed by atoms with van der Waals surface area (Å²) in [5.74, 6) is 1.02. The van der Waals surface area contributed by atoms with Gasteiger partial charge in [0.2, 0.25) is 0 Å². The summed E-state index contributed by atoms with van der Waals surface area (Å²) in [6, 6.07) is 0. The Morgan fingerprint density at radius 3 is 3.00 bits per heavy atom. The number of nitrogens with one attached hydrogen (secondary N) is 1. The summed E-state index contributed by atoms with van der Waals surface area (Å²) >= 11 is 0. The molecule has 3 rings (SSSR count). The molecule has 0 spiro atoms. The van der Waals surface area contributed by atoms with E-state index in [0.29, 0.717) is 0 Å². The molecule has 1 aromatic heterocycles. The number of rotatable bonds is 3. The third-order valence-electron chi connectivity index (χ3n) is 4.06. The van der Waals surface area contributed by atoms with Gasteiger partial charge in [-0.3, -0.25) is 0 Å². The van der Waals surface area contributed by atoms with Crippen molar-refractivity contribution in [3.8, 4) is 0 Å². The lowest BCUT2D eigenvalue weighted by atomic mass is 9.96. The topological polar surface area (TPSA) is 47.0 Å². The van der Waals surface area contributed by atoms with Crippen LogP contribution in [0, 0.1) is 0 Å². The van der Waals surface area contributed by atoms with E-state index in [-0.39, 0.29) is 5.60 Å². The van der Waals surface area contributed by atoms with Gasteiger partial charge in [0.1, 0.15) is 12.1 Å². The van der Waals surface area contributed by atoms with Crippen LogP contribution in [0.4, 0.5) is 5.82 Å². The zero-order chi connectivity index (χ0) is 12.4. The smallest absolute Gasteiger partial charge is 0.132 e. The van der Waals surface area contributed by atoms with Gasteiger partial charge in [-0.15, -0.1) is 0 Å². The van der Waals surface area contributed by atoms with Crippen molar-refractivity contribution in [3.05, 3.63) is 17.6 Å². The van der Waals surface area contributed by atoms with Crippen LogP contribution < -0.4 is 5.32 Å². The molecule has 4 heteroatoms. The Hall–Kier alpha value is -1.16. The highest BCUT2D eigenvalue weighted by Crippen LogP contribution is 2.28. The van der Waals surface area contributed by atoms with E-state index in [1.807, 2.05) is 0 Å². The van der Waals surface area contributed by atoms with Gasteiger partial charge in [-0.05, 0) is 45.4 Å². The standard InChI is InChI=1S/C14H21N3O/c1-14(7-4-8-18-14)9-15-13-11-5-2-3-6-12(11)16-10-17-13/h10H,2-9H2,1H3,(H,15,16,17). The molecule has 1 saturated heterocycles. The van der Waals surface area contributed by atoms with Crippen LogP contribution >= 0.6 is 0 Å². The van der Waals surface area contributed by atoms with Gasteiger partial charge in [0.05, 0.1) is 5.60 Å². The van der Waals surface area contributed by atoms with Gasteiger partial charge >= 0.3 is 0 Å². The van der Waals surface area contributed by atoms with Crippen molar-refractivity contribution in [2.24, 2.45) is 0 Å². The largest absolute Gasteiger partial charge is 0.373 e. The third kappa shape index (κ3) is 2.34. The van der Waals surface area contributed by atoms with Crippen LogP contribution in [-0.2, 0) is 17.6 Å². The fourth-order valence-corrected chi connectivity index (χ4v) is 2.92. The van der Waals surface area contributed by atoms with E-state index in [4.69, 9.17) is 4.74 Å². The third-order valence-corrected chi connectivity index (χ3v) is 4.06. The Bertz CT molecular complexity index is 427. The Morgan fingerprint density at radius 2 is 2.17 bits per heavy atom. The molecule has 1 aromatic rings. The first-order valence-electron chi connectivity index (χ1n) is 6.97. The van der Waals surface area contributed by atoms with Gasteiger partial charge in [0.25, 0.3) is 0 Å². The molecule has 2 aliphatic rings. The van der Waals surface area contributed by atoms with Crippen molar-refractivity contribution < 1.29 is 4.74 Å². The maximum atomic E-state index is 5.80. The number of ether oxygens (including phenoxy) is 1. The van der Waals surface area contributed by atoms with E-state index in [9.17, 15) is 0 Å². The van der Waals surface area contributed by atoms with Gasteiger partial charge in [-0.1, -0.05) is 0 Å². The molecular weight excluding hydrogens is 226 g/mol. The molecule has 1 fully saturated rings. The highest BCUT2D eigenvalue weighted by atomic mass is 16.5. The summed E-state index contributed by atoms with van der Waals surface area (Å²) in [7, 11) is 0. The van der Waals surface area contributed by atoms with E-state index in [1.54, 1.807) is 6.33 Å². The molecule has 1 N–H and O–H groups in total. The summed E-state index contributed by atoms with van der Waals surface area (Å²) in [6.45, 7) is 3.91. The average Bonchev–Trinajstić information content (AvgIpc) is 2.84. The first-order chi connectivity index (χ1) is 8.77. The summed E-state index contributed by atoms with van der Waals surface area (Å²) in [6.07, 6.45) is 8.70. The number of aromatic nitrogens is 2. The molecule has 1 atom stereocenters. The van der Waals surface area contributed by atoms with E-state index in [0.717, 1.165) is 38.2 Å². The van der Waals surface area contributed by atoms with E-state index < -0.39 is 0 Å². The molecule has 1 unspecified atom stereocenters. The minimum absolute atomic E-state index is 0.0213. The average molecular weight is 247 g/mol. The minimum Gasteiger partial charge on any atom is -0.373 e. The molecule has 98 valence electrons. The van der Waals surface area contributed by atoms with Crippen molar-refractivity contribution in [2.75, 3.05) is 18.5 Å². The number of hydrogen-bond acceptors (Lipinski definition) is 4. The van der Waals surface area contributed by atoms with Crippen molar-refractivity contribution in [2.45, 2.75) is 51.0 Å². The summed E-state index contributed by atoms with van der Waals surface area (Å²) in [4.78, 5) is 8.80. The first kappa shape index (κ1) is 11.9. The van der Waals surface area contributed by atoms with Crippen LogP contribution in [0.3, 0.4) is 0 Å². The molecule has 0 saturated carbocycles. The van der Waals surface area contributed by atoms with Crippen molar-refractivity contribution in [3.63, 3.8) is 0 Å². The van der Waals surface area contributed by atoms with Gasteiger partial charge in [0.15, 0.2) is 0 Å². The van der Waals surface area contributed by atoms with Crippen LogP contribution in [-0.4, -0.2) is 28.7 Å². The molecule has 2 heterocycles. The Kier molecular flexibility index (Phi) is 3.20. The number of anilines is 1. The number of aryl methyl sites for hydroxylation is 1. The Balaban J connectivity index is 1.72. The molecule has 0 bridgehead atoms. The summed E-state index contributed by atoms with van der Waals surface area (Å²) in [5.41, 5.74) is 2.54. The lowest BCUT2D eigenvalue weighted by Gasteiger charge is -2.25. The van der Waals surface area contributed by atoms with Crippen molar-refractivity contribution in [1.82, 2.24) is 9.97 Å². The summed E-state index contributed by atoms with van der Waals surface area (Å²) in [5, 5.41) is 3.48. The highest BCUT2D eigenvalue weighted by molar-refractivity contribution is 5.47. The predicted octanol–water partition coefficient (Wildman–Crippen LogP) is 2.34. The zero-order valence-corrected chi connectivity index (χ0v) is 11.0. The fourth-order valence-electron chi connectivity index (χ4n) is 2.92. The number of fused-ring (bicyclic) bond motifs is 1. The van der Waals surface area contributed by atoms with Crippen LogP contribution in [0.2, 0.25) is 0 Å². The molecular formula is C14H21N3O. The molecule has 4 nitrogen and oxygen atoms in total. The van der Waals surface area contributed by atoms with Crippen molar-refractivity contribution in [1.29, 1.82) is 0 Å². The van der Waals surface area contributed by atoms with Crippen molar-refractivity contribution >= 4 is 5.82 Å². The van der Waals surface area contributed by atoms with E-state index in [1.165, 1.54) is 30.5 Å². The van der Waals surface area contributed by atoms with Crippen LogP contribution in [0.1, 0.15) is 43.9 Å². The second-order valence-electron chi connectivity index (χ2n) is 5.61. The quantitative estimate of drug-likeness (QED) is 0.890. The van der Waals surface area contributed by atoms with Crippen LogP contribution in [0.15, 0.2) is 6.33 Å². The SMILES string of the molecule is CC1(CNc2ncnc3c2CCCC3)CCCO1. The monoisotopic (exact) mass is 247 g/mol. The van der Waals surface area contributed by atoms with E-state index >= 15 is 0 Å². The van der Waals surface area contributed by atoms with Crippen LogP contribution in [0.5, 0.6) is 0 Å². The Morgan fingerprint density at radius 1 is 1.28 bits per heavy atom. The fraction of sp³-hybridized carbons (Fsp3) is 0.714. The second kappa shape index (κ2) is 4.84. The number of nitrogens with zero attached hydrogens (tertiary/aromatic N) is 2. The van der Waals surface area contributed by atoms with Gasteiger partial charge in [-0.25, -0.2) is 9.97 Å². The first-order valence-corrected chi connectivity index (χ1v) is 6.97. The molecule has 0 amide bonds. The van der Waals surface area contributed by atoms with Gasteiger partial charge in [0, 0.05) is 24.4 Å². The zero-order valence-electron chi connectivity index (χ0n) is 11.0. The lowest BCUT2D eigenvalue weighted by molar-refractivity contribution is 0.0314. The van der Waals surface area contributed by atoms with E-state index in [2.05, 4.69) is 22.2 Å². The minimum atomic E-state index is -0.0213. The van der Waals surface area contributed by atoms with Gasteiger partial charge < -0.3 is 10.1 Å². The molecule has 0 aromatic carbocycles. The molecule has 0 radical (unpaired) electrons. The van der Waals surface area contributed by atoms with Gasteiger partial charge in [-0.2, -0.15) is 0 Å². The number of hydrogen-bond donors (Lipinski definition) is 1. The molecule has 1 aliphatic heterocycles.